The van der Waals surface area contributed by atoms with E-state index < -0.39 is 0 Å². The topological polar surface area (TPSA) is 58.2 Å². The fraction of sp³-hybridized carbons (Fsp3) is 0.714. The van der Waals surface area contributed by atoms with Gasteiger partial charge in [0.2, 0.25) is 0 Å². The van der Waals surface area contributed by atoms with Gasteiger partial charge in [0.15, 0.2) is 0 Å². The normalized spacial score (nSPS) is 29.5. The van der Waals surface area contributed by atoms with Crippen molar-refractivity contribution in [2.45, 2.75) is 32.4 Å². The van der Waals surface area contributed by atoms with E-state index in [1.807, 2.05) is 6.92 Å². The fourth-order valence-electron chi connectivity index (χ4n) is 1.18. The van der Waals surface area contributed by atoms with Crippen molar-refractivity contribution in [3.05, 3.63) is 0 Å². The minimum atomic E-state index is -0.177. The monoisotopic (exact) mass is 156 g/mol. The van der Waals surface area contributed by atoms with Crippen LogP contribution in [0.15, 0.2) is 0 Å². The van der Waals surface area contributed by atoms with Gasteiger partial charge in [0.25, 0.3) is 0 Å². The van der Waals surface area contributed by atoms with Crippen LogP contribution in [0.3, 0.4) is 0 Å². The third-order valence-corrected chi connectivity index (χ3v) is 1.79. The van der Waals surface area contributed by atoms with Crippen LogP contribution >= 0.6 is 0 Å². The van der Waals surface area contributed by atoms with E-state index in [1.165, 1.54) is 6.92 Å². The first kappa shape index (κ1) is 8.04. The Balaban J connectivity index is 2.46. The molecule has 0 radical (unpaired) electrons. The number of nitrogens with one attached hydrogen (secondary N) is 2. The molecule has 62 valence electrons. The van der Waals surface area contributed by atoms with Gasteiger partial charge in [-0.05, 0) is 13.8 Å². The van der Waals surface area contributed by atoms with Crippen molar-refractivity contribution in [3.8, 4) is 0 Å². The van der Waals surface area contributed by atoms with Gasteiger partial charge in [0, 0.05) is 12.5 Å². The predicted molar refractivity (Wildman–Crippen MR) is 40.2 cm³/mol. The SMILES string of the molecule is CC(=O)C[C@H]1NC(=O)N[C@H]1C. The Morgan fingerprint density at radius 2 is 2.18 bits per heavy atom. The lowest BCUT2D eigenvalue weighted by Gasteiger charge is -2.10. The second-order valence-electron chi connectivity index (χ2n) is 2.92. The largest absolute Gasteiger partial charge is 0.334 e. The van der Waals surface area contributed by atoms with Crippen LogP contribution in [0, 0.1) is 0 Å². The molecule has 0 aromatic rings. The zero-order valence-electron chi connectivity index (χ0n) is 6.68. The number of hydrogen-bond acceptors (Lipinski definition) is 2. The van der Waals surface area contributed by atoms with Gasteiger partial charge in [-0.3, -0.25) is 4.79 Å². The Kier molecular flexibility index (Phi) is 2.12. The second kappa shape index (κ2) is 2.90. The summed E-state index contributed by atoms with van der Waals surface area (Å²) in [5.74, 6) is 0.103. The molecule has 0 aliphatic carbocycles. The maximum atomic E-state index is 10.7. The molecular formula is C7H12N2O2. The Morgan fingerprint density at radius 1 is 1.55 bits per heavy atom. The van der Waals surface area contributed by atoms with Gasteiger partial charge in [0.1, 0.15) is 5.78 Å². The molecular weight excluding hydrogens is 144 g/mol. The van der Waals surface area contributed by atoms with Crippen molar-refractivity contribution >= 4 is 11.8 Å². The maximum Gasteiger partial charge on any atom is 0.315 e. The first-order valence-electron chi connectivity index (χ1n) is 3.66. The maximum absolute atomic E-state index is 10.7. The molecule has 1 heterocycles. The first-order chi connectivity index (χ1) is 5.09. The van der Waals surface area contributed by atoms with Gasteiger partial charge < -0.3 is 10.6 Å². The van der Waals surface area contributed by atoms with E-state index in [9.17, 15) is 9.59 Å². The summed E-state index contributed by atoms with van der Waals surface area (Å²) in [6.45, 7) is 3.41. The van der Waals surface area contributed by atoms with Gasteiger partial charge in [-0.15, -0.1) is 0 Å². The van der Waals surface area contributed by atoms with Gasteiger partial charge in [0.05, 0.1) is 6.04 Å². The van der Waals surface area contributed by atoms with E-state index in [0.29, 0.717) is 6.42 Å². The number of carbonyl (C=O) groups is 2. The molecule has 2 atom stereocenters. The van der Waals surface area contributed by atoms with Crippen LogP contribution in [0.1, 0.15) is 20.3 Å². The molecule has 4 heteroatoms. The summed E-state index contributed by atoms with van der Waals surface area (Å²) in [4.78, 5) is 21.4. The Hall–Kier alpha value is -1.06. The standard InChI is InChI=1S/C7H12N2O2/c1-4(10)3-6-5(2)8-7(11)9-6/h5-6H,3H2,1-2H3,(H2,8,9,11)/t5-,6+/m0/s1. The molecule has 1 aliphatic rings. The van der Waals surface area contributed by atoms with Gasteiger partial charge in [-0.2, -0.15) is 0 Å². The quantitative estimate of drug-likeness (QED) is 0.592. The number of carbonyl (C=O) groups excluding carboxylic acids is 2. The number of ketones is 1. The summed E-state index contributed by atoms with van der Waals surface area (Å²) in [6, 6.07) is -0.143. The van der Waals surface area contributed by atoms with Crippen LogP contribution in [0.5, 0.6) is 0 Å². The number of urea groups is 1. The predicted octanol–water partition coefficient (Wildman–Crippen LogP) is 0.0354. The molecule has 0 aromatic carbocycles. The third kappa shape index (κ3) is 1.93. The van der Waals surface area contributed by atoms with Crippen LogP contribution in [-0.4, -0.2) is 23.9 Å². The van der Waals surface area contributed by atoms with Gasteiger partial charge in [-0.1, -0.05) is 0 Å². The summed E-state index contributed by atoms with van der Waals surface area (Å²) in [5.41, 5.74) is 0. The van der Waals surface area contributed by atoms with Gasteiger partial charge >= 0.3 is 6.03 Å². The van der Waals surface area contributed by atoms with Gasteiger partial charge in [-0.25, -0.2) is 4.79 Å². The lowest BCUT2D eigenvalue weighted by molar-refractivity contribution is -0.117. The minimum absolute atomic E-state index is 0.0278. The molecule has 2 N–H and O–H groups in total. The molecule has 0 spiro atoms. The summed E-state index contributed by atoms with van der Waals surface area (Å²) in [7, 11) is 0. The van der Waals surface area contributed by atoms with Crippen molar-refractivity contribution in [1.82, 2.24) is 10.6 Å². The van der Waals surface area contributed by atoms with Crippen molar-refractivity contribution in [2.75, 3.05) is 0 Å². The summed E-state index contributed by atoms with van der Waals surface area (Å²) in [6.07, 6.45) is 0.417. The zero-order chi connectivity index (χ0) is 8.43. The third-order valence-electron chi connectivity index (χ3n) is 1.79. The molecule has 2 amide bonds. The smallest absolute Gasteiger partial charge is 0.315 e. The van der Waals surface area contributed by atoms with Crippen molar-refractivity contribution in [3.63, 3.8) is 0 Å². The molecule has 4 nitrogen and oxygen atoms in total. The molecule has 1 rings (SSSR count). The molecule has 0 unspecified atom stereocenters. The summed E-state index contributed by atoms with van der Waals surface area (Å²) >= 11 is 0. The molecule has 0 bridgehead atoms. The highest BCUT2D eigenvalue weighted by Gasteiger charge is 2.28. The number of amides is 2. The van der Waals surface area contributed by atoms with Crippen molar-refractivity contribution in [1.29, 1.82) is 0 Å². The highest BCUT2D eigenvalue weighted by Crippen LogP contribution is 2.04. The van der Waals surface area contributed by atoms with Crippen LogP contribution in [0.4, 0.5) is 4.79 Å². The molecule has 0 aromatic heterocycles. The van der Waals surface area contributed by atoms with Crippen LogP contribution in [0.2, 0.25) is 0 Å². The Morgan fingerprint density at radius 3 is 2.55 bits per heavy atom. The van der Waals surface area contributed by atoms with Crippen molar-refractivity contribution < 1.29 is 9.59 Å². The summed E-state index contributed by atoms with van der Waals surface area (Å²) in [5, 5.41) is 5.33. The Bertz CT molecular complexity index is 191. The summed E-state index contributed by atoms with van der Waals surface area (Å²) < 4.78 is 0. The molecule has 1 aliphatic heterocycles. The lowest BCUT2D eigenvalue weighted by atomic mass is 10.1. The molecule has 11 heavy (non-hydrogen) atoms. The number of rotatable bonds is 2. The highest BCUT2D eigenvalue weighted by molar-refractivity contribution is 5.81. The first-order valence-corrected chi connectivity index (χ1v) is 3.66. The van der Waals surface area contributed by atoms with Crippen LogP contribution < -0.4 is 10.6 Å². The van der Waals surface area contributed by atoms with E-state index >= 15 is 0 Å². The number of Topliss-reactive ketones (excluding diaryl/α,β-unsaturated/α-hetero) is 1. The molecule has 1 saturated heterocycles. The van der Waals surface area contributed by atoms with Crippen molar-refractivity contribution in [2.24, 2.45) is 0 Å². The number of hydrogen-bond donors (Lipinski definition) is 2. The van der Waals surface area contributed by atoms with Crippen LogP contribution in [0.25, 0.3) is 0 Å². The molecule has 1 fully saturated rings. The second-order valence-corrected chi connectivity index (χ2v) is 2.92. The van der Waals surface area contributed by atoms with E-state index in [0.717, 1.165) is 0 Å². The van der Waals surface area contributed by atoms with Crippen LogP contribution in [-0.2, 0) is 4.79 Å². The fourth-order valence-corrected chi connectivity index (χ4v) is 1.18. The van der Waals surface area contributed by atoms with E-state index in [1.54, 1.807) is 0 Å². The average molecular weight is 156 g/mol. The Labute approximate surface area is 65.3 Å². The van der Waals surface area contributed by atoms with E-state index in [4.69, 9.17) is 0 Å². The van der Waals surface area contributed by atoms with E-state index in [-0.39, 0.29) is 23.9 Å². The highest BCUT2D eigenvalue weighted by atomic mass is 16.2. The average Bonchev–Trinajstić information content (AvgIpc) is 2.09. The zero-order valence-corrected chi connectivity index (χ0v) is 6.68. The molecule has 0 saturated carbocycles. The minimum Gasteiger partial charge on any atom is -0.334 e. The lowest BCUT2D eigenvalue weighted by Crippen LogP contribution is -2.32. The van der Waals surface area contributed by atoms with E-state index in [2.05, 4.69) is 10.6 Å².